The highest BCUT2D eigenvalue weighted by Crippen LogP contribution is 2.29. The first-order valence-corrected chi connectivity index (χ1v) is 8.63. The summed E-state index contributed by atoms with van der Waals surface area (Å²) >= 11 is 0. The highest BCUT2D eigenvalue weighted by molar-refractivity contribution is 14.0. The number of nitrogens with one attached hydrogen (secondary N) is 1. The Kier molecular flexibility index (Phi) is 10.5. The van der Waals surface area contributed by atoms with E-state index < -0.39 is 6.61 Å². The first-order chi connectivity index (χ1) is 13.5. The lowest BCUT2D eigenvalue weighted by molar-refractivity contribution is -0.0512. The highest BCUT2D eigenvalue weighted by atomic mass is 127. The third kappa shape index (κ3) is 7.22. The second kappa shape index (κ2) is 12.3. The molecule has 2 aromatic carbocycles. The molecule has 0 heterocycles. The molecule has 0 spiro atoms. The number of hydrogen-bond donors (Lipinski definition) is 1. The van der Waals surface area contributed by atoms with Crippen molar-refractivity contribution in [2.24, 2.45) is 4.99 Å². The third-order valence-corrected chi connectivity index (χ3v) is 4.07. The van der Waals surface area contributed by atoms with Gasteiger partial charge in [-0.05, 0) is 23.8 Å². The van der Waals surface area contributed by atoms with Gasteiger partial charge in [-0.3, -0.25) is 4.99 Å². The predicted octanol–water partition coefficient (Wildman–Crippen LogP) is 4.13. The van der Waals surface area contributed by atoms with E-state index in [4.69, 9.17) is 9.47 Å². The summed E-state index contributed by atoms with van der Waals surface area (Å²) in [6.07, 6.45) is 0. The fourth-order valence-electron chi connectivity index (χ4n) is 2.75. The van der Waals surface area contributed by atoms with Crippen LogP contribution < -0.4 is 19.5 Å². The van der Waals surface area contributed by atoms with Crippen molar-refractivity contribution in [3.63, 3.8) is 0 Å². The molecule has 0 unspecified atom stereocenters. The molecule has 0 aliphatic heterocycles. The van der Waals surface area contributed by atoms with Gasteiger partial charge in [0.25, 0.3) is 0 Å². The van der Waals surface area contributed by atoms with Gasteiger partial charge in [-0.2, -0.15) is 8.78 Å². The smallest absolute Gasteiger partial charge is 0.387 e. The molecule has 2 rings (SSSR count). The highest BCUT2D eigenvalue weighted by Gasteiger charge is 2.13. The summed E-state index contributed by atoms with van der Waals surface area (Å²) in [5, 5.41) is 3.21. The number of guanidine groups is 1. The monoisotopic (exact) mass is 521 g/mol. The Labute approximate surface area is 186 Å². The zero-order valence-electron chi connectivity index (χ0n) is 16.8. The Morgan fingerprint density at radius 2 is 1.76 bits per heavy atom. The first kappa shape index (κ1) is 24.7. The average molecular weight is 521 g/mol. The van der Waals surface area contributed by atoms with E-state index in [0.29, 0.717) is 19.0 Å². The maximum absolute atomic E-state index is 12.6. The Morgan fingerprint density at radius 1 is 1.07 bits per heavy atom. The lowest BCUT2D eigenvalue weighted by Gasteiger charge is -2.23. The van der Waals surface area contributed by atoms with Crippen molar-refractivity contribution in [3.8, 4) is 17.2 Å². The summed E-state index contributed by atoms with van der Waals surface area (Å²) in [5.74, 6) is 1.70. The van der Waals surface area contributed by atoms with E-state index in [0.717, 1.165) is 16.9 Å². The van der Waals surface area contributed by atoms with Crippen LogP contribution in [0.15, 0.2) is 47.5 Å². The summed E-state index contributed by atoms with van der Waals surface area (Å²) in [4.78, 5) is 6.22. The number of rotatable bonds is 8. The van der Waals surface area contributed by atoms with Crippen molar-refractivity contribution in [1.82, 2.24) is 10.2 Å². The fourth-order valence-corrected chi connectivity index (χ4v) is 2.75. The van der Waals surface area contributed by atoms with E-state index in [-0.39, 0.29) is 35.5 Å². The normalized spacial score (nSPS) is 10.9. The zero-order chi connectivity index (χ0) is 20.5. The van der Waals surface area contributed by atoms with Crippen molar-refractivity contribution in [3.05, 3.63) is 53.6 Å². The third-order valence-electron chi connectivity index (χ3n) is 4.07. The minimum Gasteiger partial charge on any atom is -0.496 e. The number of ether oxygens (including phenoxy) is 3. The van der Waals surface area contributed by atoms with Crippen LogP contribution in [0.3, 0.4) is 0 Å². The van der Waals surface area contributed by atoms with Gasteiger partial charge in [0, 0.05) is 32.7 Å². The molecule has 160 valence electrons. The molecule has 0 amide bonds. The molecule has 0 aromatic heterocycles. The quantitative estimate of drug-likeness (QED) is 0.322. The van der Waals surface area contributed by atoms with Crippen molar-refractivity contribution >= 4 is 29.9 Å². The van der Waals surface area contributed by atoms with Gasteiger partial charge in [-0.25, -0.2) is 0 Å². The van der Waals surface area contributed by atoms with Gasteiger partial charge in [0.05, 0.1) is 14.2 Å². The van der Waals surface area contributed by atoms with E-state index >= 15 is 0 Å². The van der Waals surface area contributed by atoms with Crippen LogP contribution in [0, 0.1) is 0 Å². The van der Waals surface area contributed by atoms with E-state index in [9.17, 15) is 8.78 Å². The number of aliphatic imine (C=N–C) groups is 1. The van der Waals surface area contributed by atoms with Gasteiger partial charge < -0.3 is 24.4 Å². The van der Waals surface area contributed by atoms with Crippen molar-refractivity contribution in [2.45, 2.75) is 19.7 Å². The molecule has 6 nitrogen and oxygen atoms in total. The number of para-hydroxylation sites is 1. The van der Waals surface area contributed by atoms with E-state index in [1.54, 1.807) is 26.3 Å². The molecule has 0 saturated heterocycles. The Balaban J connectivity index is 0.00000420. The topological polar surface area (TPSA) is 55.3 Å². The molecule has 0 aliphatic carbocycles. The summed E-state index contributed by atoms with van der Waals surface area (Å²) < 4.78 is 40.1. The molecule has 0 aliphatic rings. The van der Waals surface area contributed by atoms with Crippen LogP contribution in [0.2, 0.25) is 0 Å². The summed E-state index contributed by atoms with van der Waals surface area (Å²) in [5.41, 5.74) is 1.77. The van der Waals surface area contributed by atoms with Crippen molar-refractivity contribution in [2.75, 3.05) is 28.3 Å². The molecule has 0 fully saturated rings. The van der Waals surface area contributed by atoms with Crippen LogP contribution in [-0.4, -0.2) is 45.8 Å². The van der Waals surface area contributed by atoms with Crippen LogP contribution in [0.4, 0.5) is 8.78 Å². The van der Waals surface area contributed by atoms with Crippen LogP contribution in [0.5, 0.6) is 17.2 Å². The summed E-state index contributed by atoms with van der Waals surface area (Å²) in [6, 6.07) is 12.6. The number of methoxy groups -OCH3 is 2. The van der Waals surface area contributed by atoms with Gasteiger partial charge >= 0.3 is 6.61 Å². The van der Waals surface area contributed by atoms with Gasteiger partial charge in [-0.1, -0.05) is 24.3 Å². The second-order valence-corrected chi connectivity index (χ2v) is 5.93. The number of halogens is 3. The van der Waals surface area contributed by atoms with Gasteiger partial charge in [0.2, 0.25) is 0 Å². The number of nitrogens with zero attached hydrogens (tertiary/aromatic N) is 2. The first-order valence-electron chi connectivity index (χ1n) is 8.63. The fraction of sp³-hybridized carbons (Fsp3) is 0.350. The van der Waals surface area contributed by atoms with E-state index in [1.807, 2.05) is 36.2 Å². The Hall–Kier alpha value is -2.30. The Morgan fingerprint density at radius 3 is 2.38 bits per heavy atom. The molecular formula is C20H26F2IN3O3. The molecule has 29 heavy (non-hydrogen) atoms. The Bertz CT molecular complexity index is 806. The molecule has 0 bridgehead atoms. The largest absolute Gasteiger partial charge is 0.496 e. The predicted molar refractivity (Wildman–Crippen MR) is 120 cm³/mol. The number of alkyl halides is 2. The second-order valence-electron chi connectivity index (χ2n) is 5.93. The van der Waals surface area contributed by atoms with Gasteiger partial charge in [-0.15, -0.1) is 24.0 Å². The van der Waals surface area contributed by atoms with Crippen molar-refractivity contribution in [1.29, 1.82) is 0 Å². The molecule has 1 N–H and O–H groups in total. The van der Waals surface area contributed by atoms with Crippen molar-refractivity contribution < 1.29 is 23.0 Å². The maximum atomic E-state index is 12.6. The molecule has 0 atom stereocenters. The van der Waals surface area contributed by atoms with Gasteiger partial charge in [0.1, 0.15) is 5.75 Å². The van der Waals surface area contributed by atoms with Crippen LogP contribution in [-0.2, 0) is 13.1 Å². The van der Waals surface area contributed by atoms with Crippen LogP contribution in [0.1, 0.15) is 11.1 Å². The molecule has 0 saturated carbocycles. The lowest BCUT2D eigenvalue weighted by atomic mass is 10.2. The minimum atomic E-state index is -2.92. The maximum Gasteiger partial charge on any atom is 0.387 e. The number of benzene rings is 2. The average Bonchev–Trinajstić information content (AvgIpc) is 2.68. The lowest BCUT2D eigenvalue weighted by Crippen LogP contribution is -2.38. The SMILES string of the molecule is CN=C(NCc1ccc(OC)c(OC(F)F)c1)N(C)Cc1ccccc1OC.I. The summed E-state index contributed by atoms with van der Waals surface area (Å²) in [7, 11) is 6.62. The van der Waals surface area contributed by atoms with Crippen LogP contribution >= 0.6 is 24.0 Å². The van der Waals surface area contributed by atoms with Crippen LogP contribution in [0.25, 0.3) is 0 Å². The summed E-state index contributed by atoms with van der Waals surface area (Å²) in [6.45, 7) is -1.95. The molecule has 9 heteroatoms. The van der Waals surface area contributed by atoms with E-state index in [1.165, 1.54) is 13.2 Å². The standard InChI is InChI=1S/C20H25F2N3O3.HI/c1-23-20(25(2)13-15-7-5-6-8-16(15)26-3)24-12-14-9-10-17(27-4)18(11-14)28-19(21)22;/h5-11,19H,12-13H2,1-4H3,(H,23,24);1H. The minimum absolute atomic E-state index is 0. The van der Waals surface area contributed by atoms with E-state index in [2.05, 4.69) is 15.0 Å². The molecule has 2 aromatic rings. The zero-order valence-corrected chi connectivity index (χ0v) is 19.1. The molecule has 0 radical (unpaired) electrons. The molecular weight excluding hydrogens is 495 g/mol. The number of hydrogen-bond acceptors (Lipinski definition) is 4. The van der Waals surface area contributed by atoms with Gasteiger partial charge in [0.15, 0.2) is 17.5 Å².